The molecule has 0 saturated carbocycles. The highest BCUT2D eigenvalue weighted by Crippen LogP contribution is 2.19. The van der Waals surface area contributed by atoms with E-state index in [4.69, 9.17) is 0 Å². The molecule has 0 aliphatic rings. The van der Waals surface area contributed by atoms with Gasteiger partial charge in [0.15, 0.2) is 0 Å². The lowest BCUT2D eigenvalue weighted by atomic mass is 10.1. The van der Waals surface area contributed by atoms with Crippen LogP contribution < -0.4 is 0 Å². The second kappa shape index (κ2) is 7.60. The smallest absolute Gasteiger partial charge is 0.0850 e. The van der Waals surface area contributed by atoms with Crippen LogP contribution >= 0.6 is 0 Å². The quantitative estimate of drug-likeness (QED) is 0.818. The first-order valence-corrected chi connectivity index (χ1v) is 8.64. The number of benzene rings is 1. The molecule has 0 saturated heterocycles. The van der Waals surface area contributed by atoms with E-state index in [1.165, 1.54) is 0 Å². The lowest BCUT2D eigenvalue weighted by Gasteiger charge is -2.17. The summed E-state index contributed by atoms with van der Waals surface area (Å²) in [4.78, 5) is 0.736. The van der Waals surface area contributed by atoms with E-state index >= 15 is 0 Å². The number of hydrogen-bond acceptors (Lipinski definition) is 3. The van der Waals surface area contributed by atoms with Crippen molar-refractivity contribution in [2.45, 2.75) is 38.6 Å². The van der Waals surface area contributed by atoms with Gasteiger partial charge in [-0.3, -0.25) is 0 Å². The Kier molecular flexibility index (Phi) is 6.43. The molecule has 2 atom stereocenters. The fourth-order valence-electron chi connectivity index (χ4n) is 1.76. The van der Waals surface area contributed by atoms with Crippen molar-refractivity contribution in [2.75, 3.05) is 12.4 Å². The van der Waals surface area contributed by atoms with E-state index in [0.29, 0.717) is 5.75 Å². The van der Waals surface area contributed by atoms with E-state index in [-0.39, 0.29) is 18.6 Å². The lowest BCUT2D eigenvalue weighted by molar-refractivity contribution is 0.241. The summed E-state index contributed by atoms with van der Waals surface area (Å²) in [6.45, 7) is 7.79. The molecular weight excluding hydrogens is 270 g/mol. The first-order chi connectivity index (χ1) is 9.42. The Labute approximate surface area is 122 Å². The number of allylic oxidation sites excluding steroid dienone is 1. The van der Waals surface area contributed by atoms with Gasteiger partial charge >= 0.3 is 0 Å². The van der Waals surface area contributed by atoms with Crippen molar-refractivity contribution in [1.82, 2.24) is 0 Å². The molecular formula is C16H25NO2S. The van der Waals surface area contributed by atoms with Crippen molar-refractivity contribution in [3.63, 3.8) is 0 Å². The molecule has 112 valence electrons. The second-order valence-electron chi connectivity index (χ2n) is 5.29. The SMILES string of the molecule is CC=CCS(=O)(=N[C@@H](CO)C(C)C)c1ccc(C)cc1. The van der Waals surface area contributed by atoms with E-state index in [2.05, 4.69) is 4.36 Å². The average molecular weight is 295 g/mol. The van der Waals surface area contributed by atoms with Gasteiger partial charge in [0.2, 0.25) is 0 Å². The fraction of sp³-hybridized carbons (Fsp3) is 0.500. The van der Waals surface area contributed by atoms with Crippen molar-refractivity contribution in [1.29, 1.82) is 0 Å². The molecule has 1 rings (SSSR count). The van der Waals surface area contributed by atoms with Crippen molar-refractivity contribution in [3.05, 3.63) is 42.0 Å². The molecule has 0 spiro atoms. The summed E-state index contributed by atoms with van der Waals surface area (Å²) in [5.41, 5.74) is 1.13. The van der Waals surface area contributed by atoms with Gasteiger partial charge in [-0.05, 0) is 31.9 Å². The fourth-order valence-corrected chi connectivity index (χ4v) is 3.92. The molecule has 1 N–H and O–H groups in total. The van der Waals surface area contributed by atoms with Gasteiger partial charge in [0, 0.05) is 4.90 Å². The van der Waals surface area contributed by atoms with E-state index < -0.39 is 9.73 Å². The van der Waals surface area contributed by atoms with Gasteiger partial charge in [0.25, 0.3) is 0 Å². The van der Waals surface area contributed by atoms with E-state index in [1.54, 1.807) is 0 Å². The molecule has 0 fully saturated rings. The molecule has 1 unspecified atom stereocenters. The number of aliphatic hydroxyl groups excluding tert-OH is 1. The Balaban J connectivity index is 3.31. The highest BCUT2D eigenvalue weighted by atomic mass is 32.2. The predicted molar refractivity (Wildman–Crippen MR) is 85.4 cm³/mol. The summed E-state index contributed by atoms with van der Waals surface area (Å²) in [6, 6.07) is 7.35. The molecule has 4 heteroatoms. The molecule has 0 aromatic heterocycles. The molecule has 0 bridgehead atoms. The maximum absolute atomic E-state index is 13.2. The molecule has 0 aliphatic carbocycles. The van der Waals surface area contributed by atoms with Crippen LogP contribution in [0.1, 0.15) is 26.3 Å². The Hall–Kier alpha value is -1.13. The Morgan fingerprint density at radius 2 is 1.90 bits per heavy atom. The topological polar surface area (TPSA) is 49.7 Å². The molecule has 0 radical (unpaired) electrons. The summed E-state index contributed by atoms with van der Waals surface area (Å²) in [5.74, 6) is 0.548. The predicted octanol–water partition coefficient (Wildman–Crippen LogP) is 3.41. The Morgan fingerprint density at radius 3 is 2.35 bits per heavy atom. The summed E-state index contributed by atoms with van der Waals surface area (Å²) >= 11 is 0. The normalized spacial score (nSPS) is 16.3. The van der Waals surface area contributed by atoms with E-state index in [1.807, 2.05) is 64.1 Å². The molecule has 1 aromatic rings. The van der Waals surface area contributed by atoms with Crippen LogP contribution in [0.3, 0.4) is 0 Å². The maximum atomic E-state index is 13.2. The standard InChI is InChI=1S/C16H25NO2S/c1-5-6-11-20(19,17-16(12-18)13(2)3)15-9-7-14(4)8-10-15/h5-10,13,16,18H,11-12H2,1-4H3/t16-,20?/m0/s1. The third-order valence-electron chi connectivity index (χ3n) is 3.21. The van der Waals surface area contributed by atoms with Crippen molar-refractivity contribution in [2.24, 2.45) is 10.3 Å². The Morgan fingerprint density at radius 1 is 1.30 bits per heavy atom. The van der Waals surface area contributed by atoms with Crippen LogP contribution in [0.4, 0.5) is 0 Å². The third-order valence-corrected chi connectivity index (χ3v) is 5.47. The molecule has 20 heavy (non-hydrogen) atoms. The molecule has 0 heterocycles. The van der Waals surface area contributed by atoms with Crippen LogP contribution in [0.5, 0.6) is 0 Å². The average Bonchev–Trinajstić information content (AvgIpc) is 2.43. The highest BCUT2D eigenvalue weighted by molar-refractivity contribution is 7.93. The van der Waals surface area contributed by atoms with Gasteiger partial charge < -0.3 is 5.11 Å². The zero-order valence-corrected chi connectivity index (χ0v) is 13.6. The van der Waals surface area contributed by atoms with Gasteiger partial charge in [0.1, 0.15) is 0 Å². The first kappa shape index (κ1) is 16.9. The van der Waals surface area contributed by atoms with E-state index in [0.717, 1.165) is 10.5 Å². The van der Waals surface area contributed by atoms with Crippen molar-refractivity contribution < 1.29 is 9.32 Å². The number of hydrogen-bond donors (Lipinski definition) is 1. The second-order valence-corrected chi connectivity index (χ2v) is 7.58. The van der Waals surface area contributed by atoms with Crippen LogP contribution in [0.15, 0.2) is 45.7 Å². The molecule has 0 aliphatic heterocycles. The van der Waals surface area contributed by atoms with Crippen LogP contribution in [-0.2, 0) is 9.73 Å². The summed E-state index contributed by atoms with van der Waals surface area (Å²) in [7, 11) is -2.52. The van der Waals surface area contributed by atoms with Crippen molar-refractivity contribution in [3.8, 4) is 0 Å². The van der Waals surface area contributed by atoms with Gasteiger partial charge in [-0.2, -0.15) is 0 Å². The minimum Gasteiger partial charge on any atom is -0.394 e. The molecule has 3 nitrogen and oxygen atoms in total. The minimum absolute atomic E-state index is 0.0731. The van der Waals surface area contributed by atoms with Crippen LogP contribution in [-0.4, -0.2) is 27.7 Å². The number of aliphatic hydroxyl groups is 1. The van der Waals surface area contributed by atoms with Crippen LogP contribution in [0.2, 0.25) is 0 Å². The molecule has 1 aromatic carbocycles. The third kappa shape index (κ3) is 4.46. The number of rotatable bonds is 6. The first-order valence-electron chi connectivity index (χ1n) is 6.95. The minimum atomic E-state index is -2.52. The van der Waals surface area contributed by atoms with Gasteiger partial charge in [0.05, 0.1) is 28.1 Å². The van der Waals surface area contributed by atoms with Gasteiger partial charge in [-0.1, -0.05) is 43.7 Å². The number of aryl methyl sites for hydroxylation is 1. The van der Waals surface area contributed by atoms with Gasteiger partial charge in [-0.25, -0.2) is 8.57 Å². The Bertz CT molecular complexity index is 552. The van der Waals surface area contributed by atoms with Crippen LogP contribution in [0, 0.1) is 12.8 Å². The highest BCUT2D eigenvalue weighted by Gasteiger charge is 2.17. The summed E-state index contributed by atoms with van der Waals surface area (Å²) in [6.07, 6.45) is 3.76. The summed E-state index contributed by atoms with van der Waals surface area (Å²) < 4.78 is 17.7. The van der Waals surface area contributed by atoms with Crippen LogP contribution in [0.25, 0.3) is 0 Å². The largest absolute Gasteiger partial charge is 0.394 e. The maximum Gasteiger partial charge on any atom is 0.0850 e. The van der Waals surface area contributed by atoms with E-state index in [9.17, 15) is 9.32 Å². The monoisotopic (exact) mass is 295 g/mol. The lowest BCUT2D eigenvalue weighted by Crippen LogP contribution is -2.21. The van der Waals surface area contributed by atoms with Gasteiger partial charge in [-0.15, -0.1) is 0 Å². The molecule has 0 amide bonds. The summed E-state index contributed by atoms with van der Waals surface area (Å²) in [5, 5.41) is 9.44. The zero-order valence-electron chi connectivity index (χ0n) is 12.7. The van der Waals surface area contributed by atoms with Crippen molar-refractivity contribution >= 4 is 9.73 Å². The number of nitrogens with zero attached hydrogens (tertiary/aromatic N) is 1. The zero-order chi connectivity index (χ0) is 15.2.